The van der Waals surface area contributed by atoms with Gasteiger partial charge in [0.2, 0.25) is 11.8 Å². The van der Waals surface area contributed by atoms with E-state index in [-0.39, 0.29) is 11.9 Å². The molecule has 4 N–H and O–H groups in total. The number of nitrogens with two attached hydrogens (primary N) is 1. The molecule has 0 aliphatic carbocycles. The smallest absolute Gasteiger partial charge is 0.248 e. The lowest BCUT2D eigenvalue weighted by Crippen LogP contribution is -2.43. The number of amides is 2. The minimum Gasteiger partial charge on any atom is -0.457 e. The minimum absolute atomic E-state index is 0.0453. The summed E-state index contributed by atoms with van der Waals surface area (Å²) in [4.78, 5) is 23.3. The van der Waals surface area contributed by atoms with Crippen LogP contribution in [0.25, 0.3) is 0 Å². The second-order valence-electron chi connectivity index (χ2n) is 6.00. The number of anilines is 1. The molecule has 136 valence electrons. The molecule has 0 saturated carbocycles. The fraction of sp³-hybridized carbons (Fsp3) is 0.263. The van der Waals surface area contributed by atoms with E-state index in [1.54, 1.807) is 48.5 Å². The number of carbonyl (C=O) groups is 2. The van der Waals surface area contributed by atoms with Crippen LogP contribution in [0.2, 0.25) is 0 Å². The maximum atomic E-state index is 12.1. The van der Waals surface area contributed by atoms with Crippen LogP contribution in [-0.2, 0) is 9.53 Å². The molecule has 1 saturated heterocycles. The molecule has 26 heavy (non-hydrogen) atoms. The number of morpholine rings is 1. The van der Waals surface area contributed by atoms with Crippen LogP contribution < -0.4 is 21.1 Å². The molecule has 3 rings (SSSR count). The molecular formula is C19H21N3O4. The highest BCUT2D eigenvalue weighted by Gasteiger charge is 2.16. The van der Waals surface area contributed by atoms with Gasteiger partial charge in [-0.25, -0.2) is 0 Å². The first kappa shape index (κ1) is 17.9. The van der Waals surface area contributed by atoms with Gasteiger partial charge in [0.05, 0.1) is 13.2 Å². The Morgan fingerprint density at radius 2 is 2.00 bits per heavy atom. The zero-order chi connectivity index (χ0) is 18.4. The number of nitrogens with one attached hydrogen (secondary N) is 2. The van der Waals surface area contributed by atoms with Gasteiger partial charge in [0.15, 0.2) is 0 Å². The lowest BCUT2D eigenvalue weighted by atomic mass is 10.2. The van der Waals surface area contributed by atoms with Gasteiger partial charge >= 0.3 is 0 Å². The molecule has 0 aromatic heterocycles. The summed E-state index contributed by atoms with van der Waals surface area (Å²) >= 11 is 0. The van der Waals surface area contributed by atoms with Crippen molar-refractivity contribution in [1.29, 1.82) is 0 Å². The van der Waals surface area contributed by atoms with Gasteiger partial charge in [0.25, 0.3) is 0 Å². The Hall–Kier alpha value is -2.90. The van der Waals surface area contributed by atoms with Crippen molar-refractivity contribution in [2.24, 2.45) is 5.73 Å². The Morgan fingerprint density at radius 1 is 1.19 bits per heavy atom. The van der Waals surface area contributed by atoms with Crippen LogP contribution in [0.1, 0.15) is 16.8 Å². The van der Waals surface area contributed by atoms with Gasteiger partial charge in [0, 0.05) is 30.3 Å². The van der Waals surface area contributed by atoms with E-state index in [1.807, 2.05) is 0 Å². The fourth-order valence-corrected chi connectivity index (χ4v) is 2.64. The fourth-order valence-electron chi connectivity index (χ4n) is 2.64. The summed E-state index contributed by atoms with van der Waals surface area (Å²) in [5.74, 6) is 0.524. The molecule has 2 amide bonds. The topological polar surface area (TPSA) is 103 Å². The maximum Gasteiger partial charge on any atom is 0.248 e. The third-order valence-corrected chi connectivity index (χ3v) is 3.92. The summed E-state index contributed by atoms with van der Waals surface area (Å²) in [5.41, 5.74) is 6.33. The molecule has 0 bridgehead atoms. The van der Waals surface area contributed by atoms with Crippen LogP contribution in [0, 0.1) is 0 Å². The highest BCUT2D eigenvalue weighted by Crippen LogP contribution is 2.24. The van der Waals surface area contributed by atoms with Crippen molar-refractivity contribution >= 4 is 17.5 Å². The average Bonchev–Trinajstić information content (AvgIpc) is 2.64. The average molecular weight is 355 g/mol. The molecule has 1 atom stereocenters. The molecule has 0 spiro atoms. The summed E-state index contributed by atoms with van der Waals surface area (Å²) < 4.78 is 11.0. The first-order chi connectivity index (χ1) is 12.6. The van der Waals surface area contributed by atoms with E-state index in [2.05, 4.69) is 10.6 Å². The first-order valence-corrected chi connectivity index (χ1v) is 8.39. The number of hydrogen-bond donors (Lipinski definition) is 3. The molecule has 7 heteroatoms. The van der Waals surface area contributed by atoms with E-state index < -0.39 is 5.91 Å². The summed E-state index contributed by atoms with van der Waals surface area (Å²) in [5, 5.41) is 6.10. The number of hydrogen-bond acceptors (Lipinski definition) is 5. The van der Waals surface area contributed by atoms with Gasteiger partial charge < -0.3 is 25.8 Å². The number of carbonyl (C=O) groups excluding carboxylic acids is 2. The van der Waals surface area contributed by atoms with E-state index in [4.69, 9.17) is 15.2 Å². The van der Waals surface area contributed by atoms with Crippen molar-refractivity contribution in [3.8, 4) is 11.5 Å². The van der Waals surface area contributed by atoms with Crippen LogP contribution in [0.5, 0.6) is 11.5 Å². The lowest BCUT2D eigenvalue weighted by molar-refractivity contribution is -0.117. The Kier molecular flexibility index (Phi) is 5.83. The van der Waals surface area contributed by atoms with Crippen molar-refractivity contribution < 1.29 is 19.1 Å². The van der Waals surface area contributed by atoms with E-state index in [1.165, 1.54) is 0 Å². The van der Waals surface area contributed by atoms with Crippen molar-refractivity contribution in [2.75, 3.05) is 25.1 Å². The molecule has 1 heterocycles. The normalized spacial score (nSPS) is 16.7. The predicted molar refractivity (Wildman–Crippen MR) is 97.3 cm³/mol. The van der Waals surface area contributed by atoms with Crippen LogP contribution in [0.15, 0.2) is 48.5 Å². The van der Waals surface area contributed by atoms with Crippen LogP contribution >= 0.6 is 0 Å². The second kappa shape index (κ2) is 8.46. The largest absolute Gasteiger partial charge is 0.457 e. The monoisotopic (exact) mass is 355 g/mol. The van der Waals surface area contributed by atoms with E-state index in [0.717, 1.165) is 6.54 Å². The third kappa shape index (κ3) is 5.05. The number of ether oxygens (including phenoxy) is 2. The van der Waals surface area contributed by atoms with Crippen LogP contribution in [0.4, 0.5) is 5.69 Å². The Morgan fingerprint density at radius 3 is 2.69 bits per heavy atom. The zero-order valence-electron chi connectivity index (χ0n) is 14.2. The molecule has 1 unspecified atom stereocenters. The first-order valence-electron chi connectivity index (χ1n) is 8.39. The minimum atomic E-state index is -0.508. The van der Waals surface area contributed by atoms with Gasteiger partial charge in [0.1, 0.15) is 11.5 Å². The summed E-state index contributed by atoms with van der Waals surface area (Å²) in [6, 6.07) is 13.7. The van der Waals surface area contributed by atoms with Crippen LogP contribution in [-0.4, -0.2) is 37.6 Å². The summed E-state index contributed by atoms with van der Waals surface area (Å²) in [6.07, 6.45) is 0.359. The molecule has 7 nitrogen and oxygen atoms in total. The zero-order valence-corrected chi connectivity index (χ0v) is 14.2. The lowest BCUT2D eigenvalue weighted by Gasteiger charge is -2.23. The number of primary amides is 1. The van der Waals surface area contributed by atoms with Gasteiger partial charge in [-0.2, -0.15) is 0 Å². The quantitative estimate of drug-likeness (QED) is 0.734. The molecule has 1 aliphatic rings. The number of benzene rings is 2. The van der Waals surface area contributed by atoms with Crippen molar-refractivity contribution in [3.05, 3.63) is 54.1 Å². The van der Waals surface area contributed by atoms with E-state index in [9.17, 15) is 9.59 Å². The van der Waals surface area contributed by atoms with Gasteiger partial charge in [-0.15, -0.1) is 0 Å². The molecule has 1 fully saturated rings. The van der Waals surface area contributed by atoms with E-state index >= 15 is 0 Å². The standard InChI is InChI=1S/C19H21N3O4/c20-19(24)13-2-1-3-17(10-13)26-16-6-4-14(5-7-16)22-18(23)11-15-12-25-9-8-21-15/h1-7,10,15,21H,8-9,11-12H2,(H2,20,24)(H,22,23). The highest BCUT2D eigenvalue weighted by atomic mass is 16.5. The second-order valence-corrected chi connectivity index (χ2v) is 6.00. The summed E-state index contributed by atoms with van der Waals surface area (Å²) in [6.45, 7) is 1.99. The molecule has 1 aliphatic heterocycles. The van der Waals surface area contributed by atoms with Crippen molar-refractivity contribution in [2.45, 2.75) is 12.5 Å². The van der Waals surface area contributed by atoms with Gasteiger partial charge in [-0.3, -0.25) is 9.59 Å². The van der Waals surface area contributed by atoms with Crippen LogP contribution in [0.3, 0.4) is 0 Å². The third-order valence-electron chi connectivity index (χ3n) is 3.92. The van der Waals surface area contributed by atoms with Crippen molar-refractivity contribution in [3.63, 3.8) is 0 Å². The molecular weight excluding hydrogens is 334 g/mol. The Labute approximate surface area is 151 Å². The molecule has 2 aromatic rings. The number of rotatable bonds is 6. The highest BCUT2D eigenvalue weighted by molar-refractivity contribution is 5.93. The SMILES string of the molecule is NC(=O)c1cccc(Oc2ccc(NC(=O)CC3COCCN3)cc2)c1. The predicted octanol–water partition coefficient (Wildman–Crippen LogP) is 1.89. The maximum absolute atomic E-state index is 12.1. The van der Waals surface area contributed by atoms with Gasteiger partial charge in [-0.05, 0) is 42.5 Å². The van der Waals surface area contributed by atoms with Gasteiger partial charge in [-0.1, -0.05) is 6.07 Å². The Bertz CT molecular complexity index is 771. The molecule has 0 radical (unpaired) electrons. The Balaban J connectivity index is 1.55. The van der Waals surface area contributed by atoms with E-state index in [0.29, 0.717) is 42.4 Å². The summed E-state index contributed by atoms with van der Waals surface area (Å²) in [7, 11) is 0. The molecule has 2 aromatic carbocycles. The van der Waals surface area contributed by atoms with Crippen molar-refractivity contribution in [1.82, 2.24) is 5.32 Å².